The van der Waals surface area contributed by atoms with Gasteiger partial charge in [-0.15, -0.1) is 9.05 Å². The summed E-state index contributed by atoms with van der Waals surface area (Å²) in [6.07, 6.45) is 23.3. The number of hydrogen-bond donors (Lipinski definition) is 0. The van der Waals surface area contributed by atoms with Crippen LogP contribution in [0.25, 0.3) is 0 Å². The molecule has 0 saturated carbocycles. The van der Waals surface area contributed by atoms with Crippen LogP contribution < -0.4 is 103 Å². The predicted octanol–water partition coefficient (Wildman–Crippen LogP) is -5.43. The van der Waals surface area contributed by atoms with Gasteiger partial charge in [-0.3, -0.25) is 0 Å². The van der Waals surface area contributed by atoms with Gasteiger partial charge in [-0.2, -0.15) is 0 Å². The van der Waals surface area contributed by atoms with Crippen LogP contribution in [-0.2, 0) is 4.43 Å². The molecule has 0 atom stereocenters. The van der Waals surface area contributed by atoms with Gasteiger partial charge in [0.05, 0.1) is 0 Å². The van der Waals surface area contributed by atoms with Crippen molar-refractivity contribution in [2.45, 2.75) is 122 Å². The van der Waals surface area contributed by atoms with Gasteiger partial charge < -0.3 is 18.8 Å². The Balaban J connectivity index is -0.000000960. The van der Waals surface area contributed by atoms with E-state index in [2.05, 4.69) is 11.3 Å². The molecule has 4 nitrogen and oxygen atoms in total. The molecule has 28 heavy (non-hydrogen) atoms. The first-order chi connectivity index (χ1) is 12.1. The molecule has 0 bridgehead atoms. The fraction of sp³-hybridized carbons (Fsp3) is 1.00. The Morgan fingerprint density at radius 1 is 0.464 bits per heavy atom. The molecule has 0 aromatic rings. The van der Waals surface area contributed by atoms with Crippen LogP contribution in [0.3, 0.4) is 0 Å². The van der Waals surface area contributed by atoms with Crippen LogP contribution in [0.5, 0.6) is 0 Å². The largest absolute Gasteiger partial charge is 1.00 e. The number of unbranched alkanes of at least 4 members (excludes halogenated alkanes) is 17. The summed E-state index contributed by atoms with van der Waals surface area (Å²) in [5.74, 6) is 0. The second-order valence-corrected chi connectivity index (χ2v) is 8.65. The third-order valence-electron chi connectivity index (χ3n) is 4.78. The van der Waals surface area contributed by atoms with Crippen LogP contribution in [0, 0.1) is 0 Å². The summed E-state index contributed by atoms with van der Waals surface area (Å²) in [5, 5.41) is 0. The number of rotatable bonds is 20. The molecule has 0 aromatic heterocycles. The Morgan fingerprint density at radius 3 is 0.964 bits per heavy atom. The van der Waals surface area contributed by atoms with E-state index < -0.39 is 9.05 Å². The van der Waals surface area contributed by atoms with E-state index in [1.165, 1.54) is 96.3 Å². The fourth-order valence-electron chi connectivity index (χ4n) is 3.20. The molecule has 0 rings (SSSR count). The molecule has 0 unspecified atom stereocenters. The fourth-order valence-corrected chi connectivity index (χ4v) is 3.60. The molecule has 0 heterocycles. The number of hydrogen-bond acceptors (Lipinski definition) is 4. The molecule has 0 aliphatic carbocycles. The maximum Gasteiger partial charge on any atom is 1.00 e. The quantitative estimate of drug-likeness (QED) is 0.139. The van der Waals surface area contributed by atoms with Gasteiger partial charge in [0, 0.05) is 6.61 Å². The monoisotopic (exact) mass is 442 g/mol. The maximum atomic E-state index is 10.3. The molecule has 0 amide bonds. The van der Waals surface area contributed by atoms with Gasteiger partial charge in [0.1, 0.15) is 0 Å². The Kier molecular flexibility index (Phi) is 41.1. The summed E-state index contributed by atoms with van der Waals surface area (Å²) >= 11 is 0. The standard InChI is InChI=1S/C20H41O4Si.3Na/c1-2-3-4-5-6-7-8-9-10-11-12-13-14-15-16-17-18-19-20-24-25(21,22)23;;;/h2-20H2,1H3;;;/q-3;3*+1. The van der Waals surface area contributed by atoms with E-state index in [0.717, 1.165) is 12.8 Å². The summed E-state index contributed by atoms with van der Waals surface area (Å²) in [7, 11) is -5.02. The maximum absolute atomic E-state index is 10.3. The van der Waals surface area contributed by atoms with Gasteiger partial charge >= 0.3 is 88.7 Å². The average molecular weight is 443 g/mol. The first kappa shape index (κ1) is 38.3. The van der Waals surface area contributed by atoms with E-state index in [0.29, 0.717) is 6.42 Å². The molecule has 0 radical (unpaired) electrons. The zero-order chi connectivity index (χ0) is 18.6. The topological polar surface area (TPSA) is 78.4 Å². The van der Waals surface area contributed by atoms with Crippen LogP contribution >= 0.6 is 0 Å². The van der Waals surface area contributed by atoms with Crippen molar-refractivity contribution in [2.24, 2.45) is 0 Å². The van der Waals surface area contributed by atoms with Crippen molar-refractivity contribution in [1.82, 2.24) is 0 Å². The third kappa shape index (κ3) is 36.4. The Hall–Kier alpha value is 3.06. The molecule has 0 saturated heterocycles. The molecule has 0 spiro atoms. The third-order valence-corrected chi connectivity index (χ3v) is 5.33. The van der Waals surface area contributed by atoms with Gasteiger partial charge in [0.2, 0.25) is 0 Å². The molecule has 0 fully saturated rings. The predicted molar refractivity (Wildman–Crippen MR) is 100 cm³/mol. The second kappa shape index (κ2) is 30.1. The van der Waals surface area contributed by atoms with Crippen molar-refractivity contribution in [3.63, 3.8) is 0 Å². The van der Waals surface area contributed by atoms with Crippen LogP contribution in [0.1, 0.15) is 122 Å². The zero-order valence-electron chi connectivity index (χ0n) is 19.6. The van der Waals surface area contributed by atoms with Gasteiger partial charge in [0.25, 0.3) is 0 Å². The summed E-state index contributed by atoms with van der Waals surface area (Å²) in [5.41, 5.74) is 0. The van der Waals surface area contributed by atoms with Crippen LogP contribution in [-0.4, -0.2) is 15.7 Å². The van der Waals surface area contributed by atoms with Gasteiger partial charge in [0.15, 0.2) is 0 Å². The van der Waals surface area contributed by atoms with E-state index in [9.17, 15) is 14.4 Å². The minimum atomic E-state index is -5.02. The zero-order valence-corrected chi connectivity index (χ0v) is 26.6. The smallest absolute Gasteiger partial charge is 0.861 e. The van der Waals surface area contributed by atoms with Crippen LogP contribution in [0.2, 0.25) is 0 Å². The molecular weight excluding hydrogens is 401 g/mol. The normalized spacial score (nSPS) is 10.7. The molecular formula is C20H41Na3O4Si. The van der Waals surface area contributed by atoms with Gasteiger partial charge in [-0.05, 0) is 6.42 Å². The molecule has 0 N–H and O–H groups in total. The summed E-state index contributed by atoms with van der Waals surface area (Å²) in [4.78, 5) is 30.9. The van der Waals surface area contributed by atoms with Crippen molar-refractivity contribution in [3.8, 4) is 0 Å². The average Bonchev–Trinajstić information content (AvgIpc) is 2.56. The molecule has 0 aliphatic rings. The Bertz CT molecular complexity index is 270. The van der Waals surface area contributed by atoms with Crippen molar-refractivity contribution in [1.29, 1.82) is 0 Å². The Morgan fingerprint density at radius 2 is 0.714 bits per heavy atom. The summed E-state index contributed by atoms with van der Waals surface area (Å²) in [6, 6.07) is 0. The van der Waals surface area contributed by atoms with Crippen molar-refractivity contribution in [3.05, 3.63) is 0 Å². The minimum Gasteiger partial charge on any atom is -0.861 e. The van der Waals surface area contributed by atoms with E-state index in [1.807, 2.05) is 0 Å². The molecule has 0 aromatic carbocycles. The van der Waals surface area contributed by atoms with Crippen LogP contribution in [0.15, 0.2) is 0 Å². The summed E-state index contributed by atoms with van der Waals surface area (Å²) in [6.45, 7) is 2.33. The minimum absolute atomic E-state index is 0. The molecule has 152 valence electrons. The van der Waals surface area contributed by atoms with Crippen molar-refractivity contribution >= 4 is 9.05 Å². The molecule has 0 aliphatic heterocycles. The van der Waals surface area contributed by atoms with Gasteiger partial charge in [-0.1, -0.05) is 116 Å². The first-order valence-corrected chi connectivity index (χ1v) is 12.4. The Labute approximate surface area is 242 Å². The van der Waals surface area contributed by atoms with E-state index in [1.54, 1.807) is 0 Å². The van der Waals surface area contributed by atoms with E-state index in [-0.39, 0.29) is 95.3 Å². The second-order valence-electron chi connectivity index (χ2n) is 7.36. The summed E-state index contributed by atoms with van der Waals surface area (Å²) < 4.78 is 4.23. The van der Waals surface area contributed by atoms with Crippen molar-refractivity contribution in [2.75, 3.05) is 6.61 Å². The first-order valence-electron chi connectivity index (χ1n) is 10.8. The van der Waals surface area contributed by atoms with Gasteiger partial charge in [-0.25, -0.2) is 0 Å². The van der Waals surface area contributed by atoms with E-state index >= 15 is 0 Å². The SMILES string of the molecule is CCCCCCCCCCCCCCCCCCCCO[Si]([O-])([O-])[O-].[Na+].[Na+].[Na+]. The van der Waals surface area contributed by atoms with Crippen LogP contribution in [0.4, 0.5) is 0 Å². The molecule has 8 heteroatoms. The van der Waals surface area contributed by atoms with E-state index in [4.69, 9.17) is 0 Å². The van der Waals surface area contributed by atoms with Crippen molar-refractivity contribution < 1.29 is 107 Å².